The molecule has 0 aliphatic carbocycles. The molecule has 0 saturated carbocycles. The SMILES string of the molecule is CC(C)N(C(=O)/C=C/c1cccc2cccnc12)c1ccc(S(C)(=O)=O)cc1. The molecule has 6 heteroatoms. The number of hydrogen-bond acceptors (Lipinski definition) is 4. The summed E-state index contributed by atoms with van der Waals surface area (Å²) < 4.78 is 23.3. The fraction of sp³-hybridized carbons (Fsp3) is 0.182. The summed E-state index contributed by atoms with van der Waals surface area (Å²) in [6.45, 7) is 3.82. The summed E-state index contributed by atoms with van der Waals surface area (Å²) in [4.78, 5) is 19.1. The molecule has 1 amide bonds. The number of sulfone groups is 1. The van der Waals surface area contributed by atoms with Crippen molar-refractivity contribution in [1.29, 1.82) is 0 Å². The minimum absolute atomic E-state index is 0.0909. The predicted octanol–water partition coefficient (Wildman–Crippen LogP) is 4.09. The number of carbonyl (C=O) groups excluding carboxylic acids is 1. The van der Waals surface area contributed by atoms with Gasteiger partial charge in [0.15, 0.2) is 9.84 Å². The molecule has 28 heavy (non-hydrogen) atoms. The van der Waals surface area contributed by atoms with E-state index in [1.54, 1.807) is 29.3 Å². The number of fused-ring (bicyclic) bond motifs is 1. The van der Waals surface area contributed by atoms with Gasteiger partial charge in [-0.05, 0) is 50.3 Å². The molecule has 1 aromatic heterocycles. The molecule has 3 rings (SSSR count). The van der Waals surface area contributed by atoms with Crippen molar-refractivity contribution >= 4 is 38.4 Å². The van der Waals surface area contributed by atoms with Crippen molar-refractivity contribution in [3.8, 4) is 0 Å². The Balaban J connectivity index is 1.90. The van der Waals surface area contributed by atoms with E-state index in [2.05, 4.69) is 4.98 Å². The quantitative estimate of drug-likeness (QED) is 0.611. The molecular formula is C22H22N2O3S. The third-order valence-electron chi connectivity index (χ3n) is 4.37. The molecular weight excluding hydrogens is 372 g/mol. The van der Waals surface area contributed by atoms with E-state index in [4.69, 9.17) is 0 Å². The normalized spacial score (nSPS) is 12.0. The van der Waals surface area contributed by atoms with Crippen LogP contribution in [0.15, 0.2) is 71.8 Å². The van der Waals surface area contributed by atoms with E-state index >= 15 is 0 Å². The molecule has 0 atom stereocenters. The molecule has 0 unspecified atom stereocenters. The summed E-state index contributed by atoms with van der Waals surface area (Å²) in [5.41, 5.74) is 2.35. The number of rotatable bonds is 5. The van der Waals surface area contributed by atoms with Crippen LogP contribution in [0.2, 0.25) is 0 Å². The summed E-state index contributed by atoms with van der Waals surface area (Å²) >= 11 is 0. The highest BCUT2D eigenvalue weighted by molar-refractivity contribution is 7.90. The van der Waals surface area contributed by atoms with Gasteiger partial charge in [-0.2, -0.15) is 0 Å². The Kier molecular flexibility index (Phi) is 5.61. The highest BCUT2D eigenvalue weighted by Gasteiger charge is 2.18. The van der Waals surface area contributed by atoms with Crippen LogP contribution in [0.4, 0.5) is 5.69 Å². The second kappa shape index (κ2) is 7.94. The Labute approximate surface area is 165 Å². The van der Waals surface area contributed by atoms with Gasteiger partial charge in [-0.3, -0.25) is 9.78 Å². The number of carbonyl (C=O) groups is 1. The monoisotopic (exact) mass is 394 g/mol. The fourth-order valence-electron chi connectivity index (χ4n) is 3.04. The summed E-state index contributed by atoms with van der Waals surface area (Å²) in [6.07, 6.45) is 6.17. The summed E-state index contributed by atoms with van der Waals surface area (Å²) in [7, 11) is -3.28. The molecule has 0 saturated heterocycles. The fourth-order valence-corrected chi connectivity index (χ4v) is 3.67. The molecule has 0 spiro atoms. The Morgan fingerprint density at radius 1 is 1.04 bits per heavy atom. The van der Waals surface area contributed by atoms with E-state index in [1.165, 1.54) is 18.2 Å². The molecule has 0 aliphatic heterocycles. The average Bonchev–Trinajstić information content (AvgIpc) is 2.66. The number of benzene rings is 2. The van der Waals surface area contributed by atoms with E-state index < -0.39 is 9.84 Å². The molecule has 0 radical (unpaired) electrons. The molecule has 5 nitrogen and oxygen atoms in total. The smallest absolute Gasteiger partial charge is 0.251 e. The zero-order chi connectivity index (χ0) is 20.3. The van der Waals surface area contributed by atoms with Crippen LogP contribution in [-0.2, 0) is 14.6 Å². The third kappa shape index (κ3) is 4.28. The second-order valence-electron chi connectivity index (χ2n) is 6.82. The van der Waals surface area contributed by atoms with Crippen LogP contribution in [0.25, 0.3) is 17.0 Å². The lowest BCUT2D eigenvalue weighted by atomic mass is 10.1. The van der Waals surface area contributed by atoms with Crippen molar-refractivity contribution in [3.05, 3.63) is 72.4 Å². The molecule has 0 fully saturated rings. The zero-order valence-electron chi connectivity index (χ0n) is 16.0. The third-order valence-corrected chi connectivity index (χ3v) is 5.49. The van der Waals surface area contributed by atoms with E-state index in [-0.39, 0.29) is 16.8 Å². The van der Waals surface area contributed by atoms with Gasteiger partial charge in [-0.25, -0.2) is 8.42 Å². The van der Waals surface area contributed by atoms with Gasteiger partial charge >= 0.3 is 0 Å². The van der Waals surface area contributed by atoms with Crippen LogP contribution < -0.4 is 4.90 Å². The standard InChI is InChI=1S/C22H22N2O3S/c1-16(2)24(19-10-12-20(13-11-19)28(3,26)27)21(25)14-9-18-7-4-6-17-8-5-15-23-22(17)18/h4-16H,1-3H3/b14-9+. The van der Waals surface area contributed by atoms with Crippen LogP contribution in [-0.4, -0.2) is 31.6 Å². The first-order valence-electron chi connectivity index (χ1n) is 8.92. The van der Waals surface area contributed by atoms with Crippen LogP contribution in [0, 0.1) is 0 Å². The lowest BCUT2D eigenvalue weighted by Crippen LogP contribution is -2.35. The van der Waals surface area contributed by atoms with Crippen molar-refractivity contribution < 1.29 is 13.2 Å². The molecule has 144 valence electrons. The number of para-hydroxylation sites is 1. The Morgan fingerprint density at radius 2 is 1.71 bits per heavy atom. The van der Waals surface area contributed by atoms with Gasteiger partial charge < -0.3 is 4.90 Å². The second-order valence-corrected chi connectivity index (χ2v) is 8.84. The van der Waals surface area contributed by atoms with Gasteiger partial charge in [0.2, 0.25) is 0 Å². The summed E-state index contributed by atoms with van der Waals surface area (Å²) in [5.74, 6) is -0.185. The number of pyridine rings is 1. The summed E-state index contributed by atoms with van der Waals surface area (Å²) in [5, 5.41) is 1.01. The average molecular weight is 394 g/mol. The van der Waals surface area contributed by atoms with Gasteiger partial charge in [-0.15, -0.1) is 0 Å². The van der Waals surface area contributed by atoms with Crippen molar-refractivity contribution in [1.82, 2.24) is 4.98 Å². The molecule has 0 bridgehead atoms. The molecule has 0 aliphatic rings. The minimum Gasteiger partial charge on any atom is -0.306 e. The zero-order valence-corrected chi connectivity index (χ0v) is 16.8. The molecule has 2 aromatic carbocycles. The largest absolute Gasteiger partial charge is 0.306 e. The lowest BCUT2D eigenvalue weighted by molar-refractivity contribution is -0.114. The highest BCUT2D eigenvalue weighted by atomic mass is 32.2. The van der Waals surface area contributed by atoms with Crippen molar-refractivity contribution in [2.45, 2.75) is 24.8 Å². The van der Waals surface area contributed by atoms with E-state index in [0.717, 1.165) is 22.7 Å². The molecule has 1 heterocycles. The predicted molar refractivity (Wildman–Crippen MR) is 113 cm³/mol. The summed E-state index contributed by atoms with van der Waals surface area (Å²) in [6, 6.07) is 15.9. The van der Waals surface area contributed by atoms with Gasteiger partial charge in [0.05, 0.1) is 10.4 Å². The van der Waals surface area contributed by atoms with Crippen LogP contribution in [0.1, 0.15) is 19.4 Å². The highest BCUT2D eigenvalue weighted by Crippen LogP contribution is 2.22. The van der Waals surface area contributed by atoms with Crippen LogP contribution >= 0.6 is 0 Å². The van der Waals surface area contributed by atoms with E-state index in [1.807, 2.05) is 44.2 Å². The number of aromatic nitrogens is 1. The van der Waals surface area contributed by atoms with E-state index in [9.17, 15) is 13.2 Å². The van der Waals surface area contributed by atoms with Gasteiger partial charge in [0.25, 0.3) is 5.91 Å². The number of anilines is 1. The maximum Gasteiger partial charge on any atom is 0.251 e. The van der Waals surface area contributed by atoms with Crippen LogP contribution in [0.3, 0.4) is 0 Å². The topological polar surface area (TPSA) is 67.3 Å². The minimum atomic E-state index is -3.28. The Morgan fingerprint density at radius 3 is 2.36 bits per heavy atom. The van der Waals surface area contributed by atoms with Gasteiger partial charge in [0, 0.05) is 41.2 Å². The van der Waals surface area contributed by atoms with E-state index in [0.29, 0.717) is 5.69 Å². The molecule has 0 N–H and O–H groups in total. The Bertz CT molecular complexity index is 1130. The number of hydrogen-bond donors (Lipinski definition) is 0. The first kappa shape index (κ1) is 19.8. The molecule has 3 aromatic rings. The van der Waals surface area contributed by atoms with Crippen molar-refractivity contribution in [2.24, 2.45) is 0 Å². The number of amides is 1. The Hall–Kier alpha value is -2.99. The van der Waals surface area contributed by atoms with Crippen molar-refractivity contribution in [2.75, 3.05) is 11.2 Å². The van der Waals surface area contributed by atoms with Gasteiger partial charge in [0.1, 0.15) is 0 Å². The van der Waals surface area contributed by atoms with Crippen molar-refractivity contribution in [3.63, 3.8) is 0 Å². The number of nitrogens with zero attached hydrogens (tertiary/aromatic N) is 2. The first-order chi connectivity index (χ1) is 13.3. The maximum absolute atomic E-state index is 12.9. The maximum atomic E-state index is 12.9. The van der Waals surface area contributed by atoms with Gasteiger partial charge in [-0.1, -0.05) is 24.3 Å². The first-order valence-corrected chi connectivity index (χ1v) is 10.8. The lowest BCUT2D eigenvalue weighted by Gasteiger charge is -2.25. The van der Waals surface area contributed by atoms with Crippen LogP contribution in [0.5, 0.6) is 0 Å².